The lowest BCUT2D eigenvalue weighted by molar-refractivity contribution is 0.222. The summed E-state index contributed by atoms with van der Waals surface area (Å²) < 4.78 is 0. The Morgan fingerprint density at radius 2 is 2.04 bits per heavy atom. The molecule has 0 saturated carbocycles. The van der Waals surface area contributed by atoms with E-state index in [1.165, 1.54) is 28.1 Å². The molecule has 2 aromatic heterocycles. The highest BCUT2D eigenvalue weighted by Crippen LogP contribution is 2.24. The van der Waals surface area contributed by atoms with Crippen molar-refractivity contribution >= 4 is 34.0 Å². The normalized spacial score (nSPS) is 14.4. The van der Waals surface area contributed by atoms with E-state index in [0.29, 0.717) is 18.1 Å². The van der Waals surface area contributed by atoms with Gasteiger partial charge in [0, 0.05) is 29.5 Å². The number of rotatable bonds is 4. The van der Waals surface area contributed by atoms with E-state index in [0.717, 1.165) is 27.4 Å². The maximum atomic E-state index is 12.2. The Bertz CT molecular complexity index is 954. The van der Waals surface area contributed by atoms with Crippen LogP contribution in [0.1, 0.15) is 16.1 Å². The van der Waals surface area contributed by atoms with Crippen molar-refractivity contribution in [2.75, 3.05) is 5.75 Å². The first-order chi connectivity index (χ1) is 12.7. The second-order valence-corrected chi connectivity index (χ2v) is 7.60. The summed E-state index contributed by atoms with van der Waals surface area (Å²) in [6.45, 7) is 2.36. The lowest BCUT2D eigenvalue weighted by Crippen LogP contribution is -2.29. The van der Waals surface area contributed by atoms with Crippen LogP contribution in [-0.2, 0) is 6.54 Å². The fourth-order valence-corrected chi connectivity index (χ4v) is 3.94. The summed E-state index contributed by atoms with van der Waals surface area (Å²) in [5.74, 6) is 1.23. The van der Waals surface area contributed by atoms with Gasteiger partial charge in [0.15, 0.2) is 5.82 Å². The molecule has 3 aromatic rings. The van der Waals surface area contributed by atoms with Crippen LogP contribution in [0.25, 0.3) is 11.4 Å². The largest absolute Gasteiger partial charge is 0.302 e. The Morgan fingerprint density at radius 3 is 2.81 bits per heavy atom. The summed E-state index contributed by atoms with van der Waals surface area (Å²) in [7, 11) is 0. The van der Waals surface area contributed by atoms with Gasteiger partial charge < -0.3 is 0 Å². The lowest BCUT2D eigenvalue weighted by Gasteiger charge is -2.22. The molecule has 4 rings (SSSR count). The standard InChI is InChI=1S/C18H15N5OS2/c1-12-8-20-16(21-9-12)14-4-2-3-13(7-14)10-23-18(24)26-11-15(22-23)17-19-5-6-25-17/h2-9H,10-11H2,1H3. The summed E-state index contributed by atoms with van der Waals surface area (Å²) in [6.07, 6.45) is 5.34. The molecule has 0 fully saturated rings. The summed E-state index contributed by atoms with van der Waals surface area (Å²) in [4.78, 5) is 25.3. The first-order valence-electron chi connectivity index (χ1n) is 7.98. The summed E-state index contributed by atoms with van der Waals surface area (Å²) in [5, 5.41) is 8.73. The third-order valence-electron chi connectivity index (χ3n) is 3.76. The molecule has 0 saturated heterocycles. The summed E-state index contributed by atoms with van der Waals surface area (Å²) >= 11 is 2.78. The molecule has 0 N–H and O–H groups in total. The molecule has 0 bridgehead atoms. The van der Waals surface area contributed by atoms with Gasteiger partial charge in [0.2, 0.25) is 0 Å². The minimum Gasteiger partial charge on any atom is -0.260 e. The quantitative estimate of drug-likeness (QED) is 0.683. The molecule has 0 atom stereocenters. The zero-order valence-corrected chi connectivity index (χ0v) is 15.6. The van der Waals surface area contributed by atoms with Gasteiger partial charge >= 0.3 is 5.24 Å². The van der Waals surface area contributed by atoms with Crippen LogP contribution in [0.5, 0.6) is 0 Å². The Kier molecular flexibility index (Phi) is 4.77. The molecule has 1 aliphatic heterocycles. The molecule has 1 aliphatic rings. The predicted molar refractivity (Wildman–Crippen MR) is 104 cm³/mol. The highest BCUT2D eigenvalue weighted by molar-refractivity contribution is 8.14. The van der Waals surface area contributed by atoms with Crippen molar-refractivity contribution in [1.29, 1.82) is 0 Å². The minimum absolute atomic E-state index is 0.0534. The third-order valence-corrected chi connectivity index (χ3v) is 5.46. The summed E-state index contributed by atoms with van der Waals surface area (Å²) in [6, 6.07) is 7.88. The second-order valence-electron chi connectivity index (χ2n) is 5.78. The van der Waals surface area contributed by atoms with Crippen LogP contribution < -0.4 is 0 Å². The fourth-order valence-electron chi connectivity index (χ4n) is 2.51. The number of thioether (sulfide) groups is 1. The summed E-state index contributed by atoms with van der Waals surface area (Å²) in [5.41, 5.74) is 3.75. The molecule has 1 aromatic carbocycles. The monoisotopic (exact) mass is 381 g/mol. The molecule has 8 heteroatoms. The van der Waals surface area contributed by atoms with Gasteiger partial charge in [-0.25, -0.2) is 20.0 Å². The highest BCUT2D eigenvalue weighted by Gasteiger charge is 2.23. The number of carbonyl (C=O) groups is 1. The van der Waals surface area contributed by atoms with Gasteiger partial charge in [-0.2, -0.15) is 5.10 Å². The lowest BCUT2D eigenvalue weighted by atomic mass is 10.1. The number of benzene rings is 1. The zero-order chi connectivity index (χ0) is 17.9. The molecule has 0 spiro atoms. The first-order valence-corrected chi connectivity index (χ1v) is 9.85. The number of hydrogen-bond acceptors (Lipinski definition) is 7. The van der Waals surface area contributed by atoms with Gasteiger partial charge in [-0.15, -0.1) is 11.3 Å². The predicted octanol–water partition coefficient (Wildman–Crippen LogP) is 3.98. The number of carbonyl (C=O) groups excluding carboxylic acids is 1. The maximum Gasteiger partial charge on any atom is 0.302 e. The van der Waals surface area contributed by atoms with E-state index in [1.807, 2.05) is 36.6 Å². The Labute approximate surface area is 159 Å². The first kappa shape index (κ1) is 16.9. The Morgan fingerprint density at radius 1 is 1.19 bits per heavy atom. The molecular formula is C18H15N5OS2. The van der Waals surface area contributed by atoms with Crippen molar-refractivity contribution in [2.45, 2.75) is 13.5 Å². The highest BCUT2D eigenvalue weighted by atomic mass is 32.2. The minimum atomic E-state index is -0.0534. The number of aromatic nitrogens is 3. The van der Waals surface area contributed by atoms with Crippen molar-refractivity contribution < 1.29 is 4.79 Å². The molecule has 26 heavy (non-hydrogen) atoms. The third kappa shape index (κ3) is 3.66. The van der Waals surface area contributed by atoms with Crippen molar-refractivity contribution in [1.82, 2.24) is 20.0 Å². The van der Waals surface area contributed by atoms with Gasteiger partial charge in [0.25, 0.3) is 0 Å². The van der Waals surface area contributed by atoms with Crippen molar-refractivity contribution in [3.8, 4) is 11.4 Å². The molecule has 3 heterocycles. The van der Waals surface area contributed by atoms with E-state index in [4.69, 9.17) is 0 Å². The average molecular weight is 381 g/mol. The van der Waals surface area contributed by atoms with Crippen molar-refractivity contribution in [3.05, 3.63) is 64.4 Å². The van der Waals surface area contributed by atoms with E-state index in [-0.39, 0.29) is 5.24 Å². The Hall–Kier alpha value is -2.58. The van der Waals surface area contributed by atoms with E-state index >= 15 is 0 Å². The van der Waals surface area contributed by atoms with E-state index < -0.39 is 0 Å². The Balaban J connectivity index is 1.58. The van der Waals surface area contributed by atoms with Gasteiger partial charge in [-0.3, -0.25) is 4.79 Å². The van der Waals surface area contributed by atoms with Crippen LogP contribution in [-0.4, -0.2) is 36.7 Å². The van der Waals surface area contributed by atoms with Crippen LogP contribution in [0, 0.1) is 6.92 Å². The number of hydrazone groups is 1. The number of hydrogen-bond donors (Lipinski definition) is 0. The van der Waals surface area contributed by atoms with Gasteiger partial charge in [-0.05, 0) is 24.1 Å². The molecule has 0 unspecified atom stereocenters. The van der Waals surface area contributed by atoms with Gasteiger partial charge in [0.05, 0.1) is 12.3 Å². The average Bonchev–Trinajstić information content (AvgIpc) is 3.19. The number of thiazole rings is 1. The van der Waals surface area contributed by atoms with Crippen LogP contribution in [0.3, 0.4) is 0 Å². The van der Waals surface area contributed by atoms with Crippen LogP contribution in [0.15, 0.2) is 53.3 Å². The molecule has 0 radical (unpaired) electrons. The molecule has 6 nitrogen and oxygen atoms in total. The van der Waals surface area contributed by atoms with Crippen LogP contribution in [0.4, 0.5) is 4.79 Å². The zero-order valence-electron chi connectivity index (χ0n) is 14.0. The van der Waals surface area contributed by atoms with E-state index in [9.17, 15) is 4.79 Å². The molecule has 1 amide bonds. The molecule has 130 valence electrons. The topological polar surface area (TPSA) is 71.3 Å². The van der Waals surface area contributed by atoms with Crippen LogP contribution >= 0.6 is 23.1 Å². The van der Waals surface area contributed by atoms with E-state index in [2.05, 4.69) is 20.1 Å². The van der Waals surface area contributed by atoms with Crippen LogP contribution in [0.2, 0.25) is 0 Å². The smallest absolute Gasteiger partial charge is 0.260 e. The number of nitrogens with zero attached hydrogens (tertiary/aromatic N) is 5. The second kappa shape index (κ2) is 7.35. The number of amides is 1. The number of aryl methyl sites for hydroxylation is 1. The van der Waals surface area contributed by atoms with E-state index in [1.54, 1.807) is 18.6 Å². The maximum absolute atomic E-state index is 12.2. The SMILES string of the molecule is Cc1cnc(-c2cccc(CN3N=C(c4nccs4)CSC3=O)c2)nc1. The van der Waals surface area contributed by atoms with Crippen molar-refractivity contribution in [2.24, 2.45) is 5.10 Å². The van der Waals surface area contributed by atoms with Gasteiger partial charge in [-0.1, -0.05) is 30.0 Å². The fraction of sp³-hybridized carbons (Fsp3) is 0.167. The molecule has 0 aliphatic carbocycles. The van der Waals surface area contributed by atoms with Crippen molar-refractivity contribution in [3.63, 3.8) is 0 Å². The molecular weight excluding hydrogens is 366 g/mol. The van der Waals surface area contributed by atoms with Gasteiger partial charge in [0.1, 0.15) is 10.7 Å².